The highest BCUT2D eigenvalue weighted by Crippen LogP contribution is 2.22. The molecule has 0 unspecified atom stereocenters. The zero-order valence-corrected chi connectivity index (χ0v) is 16.2. The molecule has 1 aromatic heterocycles. The molecule has 0 aliphatic heterocycles. The van der Waals surface area contributed by atoms with Crippen molar-refractivity contribution in [2.75, 3.05) is 5.32 Å². The SMILES string of the molecule is CC[C@H](C)n1c(=O)c2ccccc2n(CC(=O)Nc2ccc(F)cc2Cl)c1=O. The maximum Gasteiger partial charge on any atom is 0.332 e. The number of rotatable bonds is 5. The van der Waals surface area contributed by atoms with Crippen LogP contribution in [-0.2, 0) is 11.3 Å². The average Bonchev–Trinajstić information content (AvgIpc) is 2.67. The van der Waals surface area contributed by atoms with Gasteiger partial charge in [-0.15, -0.1) is 0 Å². The first-order chi connectivity index (χ1) is 13.3. The molecule has 0 saturated heterocycles. The van der Waals surface area contributed by atoms with E-state index in [0.29, 0.717) is 17.3 Å². The summed E-state index contributed by atoms with van der Waals surface area (Å²) in [6, 6.07) is 9.94. The summed E-state index contributed by atoms with van der Waals surface area (Å²) >= 11 is 5.94. The van der Waals surface area contributed by atoms with Crippen molar-refractivity contribution in [3.8, 4) is 0 Å². The monoisotopic (exact) mass is 403 g/mol. The average molecular weight is 404 g/mol. The topological polar surface area (TPSA) is 73.1 Å². The summed E-state index contributed by atoms with van der Waals surface area (Å²) in [5.74, 6) is -1.04. The van der Waals surface area contributed by atoms with Gasteiger partial charge in [0.25, 0.3) is 5.56 Å². The minimum Gasteiger partial charge on any atom is -0.323 e. The number of fused-ring (bicyclic) bond motifs is 1. The Morgan fingerprint density at radius 2 is 1.93 bits per heavy atom. The van der Waals surface area contributed by atoms with Gasteiger partial charge >= 0.3 is 5.69 Å². The van der Waals surface area contributed by atoms with E-state index in [1.54, 1.807) is 31.2 Å². The molecule has 0 aliphatic rings. The van der Waals surface area contributed by atoms with Crippen LogP contribution in [0.1, 0.15) is 26.3 Å². The third-order valence-electron chi connectivity index (χ3n) is 4.62. The molecule has 8 heteroatoms. The first-order valence-corrected chi connectivity index (χ1v) is 9.20. The number of hydrogen-bond donors (Lipinski definition) is 1. The number of nitrogens with zero attached hydrogens (tertiary/aromatic N) is 2. The van der Waals surface area contributed by atoms with Crippen molar-refractivity contribution in [2.24, 2.45) is 0 Å². The van der Waals surface area contributed by atoms with Gasteiger partial charge in [-0.3, -0.25) is 18.7 Å². The molecular weight excluding hydrogens is 385 g/mol. The van der Waals surface area contributed by atoms with Crippen LogP contribution in [0.2, 0.25) is 5.02 Å². The molecule has 3 aromatic rings. The lowest BCUT2D eigenvalue weighted by molar-refractivity contribution is -0.116. The van der Waals surface area contributed by atoms with Gasteiger partial charge in [-0.2, -0.15) is 0 Å². The fraction of sp³-hybridized carbons (Fsp3) is 0.250. The van der Waals surface area contributed by atoms with E-state index in [4.69, 9.17) is 11.6 Å². The quantitative estimate of drug-likeness (QED) is 0.707. The summed E-state index contributed by atoms with van der Waals surface area (Å²) < 4.78 is 15.6. The van der Waals surface area contributed by atoms with Crippen molar-refractivity contribution in [1.82, 2.24) is 9.13 Å². The van der Waals surface area contributed by atoms with E-state index in [0.717, 1.165) is 6.07 Å². The Morgan fingerprint density at radius 3 is 2.61 bits per heavy atom. The molecule has 28 heavy (non-hydrogen) atoms. The number of para-hydroxylation sites is 1. The van der Waals surface area contributed by atoms with E-state index in [2.05, 4.69) is 5.32 Å². The van der Waals surface area contributed by atoms with Crippen molar-refractivity contribution < 1.29 is 9.18 Å². The fourth-order valence-electron chi connectivity index (χ4n) is 2.99. The van der Waals surface area contributed by atoms with Crippen LogP contribution in [0, 0.1) is 5.82 Å². The van der Waals surface area contributed by atoms with Crippen LogP contribution in [-0.4, -0.2) is 15.0 Å². The maximum absolute atomic E-state index is 13.2. The molecule has 1 amide bonds. The fourth-order valence-corrected chi connectivity index (χ4v) is 3.20. The molecule has 6 nitrogen and oxygen atoms in total. The molecule has 1 N–H and O–H groups in total. The molecule has 0 radical (unpaired) electrons. The van der Waals surface area contributed by atoms with E-state index in [-0.39, 0.29) is 28.9 Å². The van der Waals surface area contributed by atoms with E-state index in [9.17, 15) is 18.8 Å². The molecule has 0 fully saturated rings. The summed E-state index contributed by atoms with van der Waals surface area (Å²) in [6.45, 7) is 3.34. The Labute approximate surface area is 165 Å². The van der Waals surface area contributed by atoms with Crippen molar-refractivity contribution in [3.63, 3.8) is 0 Å². The van der Waals surface area contributed by atoms with Gasteiger partial charge in [-0.05, 0) is 43.7 Å². The minimum absolute atomic E-state index is 0.0510. The highest BCUT2D eigenvalue weighted by Gasteiger charge is 2.18. The molecule has 3 rings (SSSR count). The second kappa shape index (κ2) is 7.98. The van der Waals surface area contributed by atoms with Crippen molar-refractivity contribution in [3.05, 3.63) is 74.1 Å². The normalized spacial score (nSPS) is 12.1. The number of benzene rings is 2. The lowest BCUT2D eigenvalue weighted by Gasteiger charge is -2.17. The maximum atomic E-state index is 13.2. The van der Waals surface area contributed by atoms with Crippen molar-refractivity contribution in [2.45, 2.75) is 32.9 Å². The highest BCUT2D eigenvalue weighted by molar-refractivity contribution is 6.33. The van der Waals surface area contributed by atoms with Crippen LogP contribution in [0.5, 0.6) is 0 Å². The molecular formula is C20H19ClFN3O3. The van der Waals surface area contributed by atoms with E-state index >= 15 is 0 Å². The lowest BCUT2D eigenvalue weighted by Crippen LogP contribution is -2.43. The third kappa shape index (κ3) is 3.71. The first-order valence-electron chi connectivity index (χ1n) is 8.82. The first kappa shape index (κ1) is 19.8. The Hall–Kier alpha value is -2.93. The second-order valence-electron chi connectivity index (χ2n) is 6.49. The predicted octanol–water partition coefficient (Wildman–Crippen LogP) is 3.57. The number of hydrogen-bond acceptors (Lipinski definition) is 3. The molecule has 1 atom stereocenters. The smallest absolute Gasteiger partial charge is 0.323 e. The number of halogens is 2. The van der Waals surface area contributed by atoms with Crippen LogP contribution >= 0.6 is 11.6 Å². The largest absolute Gasteiger partial charge is 0.332 e. The van der Waals surface area contributed by atoms with Crippen LogP contribution in [0.4, 0.5) is 10.1 Å². The molecule has 2 aromatic carbocycles. The molecule has 0 saturated carbocycles. The van der Waals surface area contributed by atoms with Gasteiger partial charge in [0.05, 0.1) is 21.6 Å². The number of carbonyl (C=O) groups is 1. The summed E-state index contributed by atoms with van der Waals surface area (Å²) in [6.07, 6.45) is 0.588. The van der Waals surface area contributed by atoms with Gasteiger partial charge in [0.1, 0.15) is 12.4 Å². The zero-order valence-electron chi connectivity index (χ0n) is 15.4. The standard InChI is InChI=1S/C20H19ClFN3O3/c1-3-12(2)25-19(27)14-6-4-5-7-17(14)24(20(25)28)11-18(26)23-16-9-8-13(22)10-15(16)21/h4-10,12H,3,11H2,1-2H3,(H,23,26)/t12-/m0/s1. The van der Waals surface area contributed by atoms with Crippen molar-refractivity contribution in [1.29, 1.82) is 0 Å². The van der Waals surface area contributed by atoms with E-state index in [1.165, 1.54) is 21.3 Å². The third-order valence-corrected chi connectivity index (χ3v) is 4.93. The highest BCUT2D eigenvalue weighted by atomic mass is 35.5. The lowest BCUT2D eigenvalue weighted by atomic mass is 10.2. The molecule has 1 heterocycles. The number of anilines is 1. The van der Waals surface area contributed by atoms with Gasteiger partial charge in [-0.1, -0.05) is 30.7 Å². The van der Waals surface area contributed by atoms with Crippen molar-refractivity contribution >= 4 is 34.1 Å². The van der Waals surface area contributed by atoms with Gasteiger partial charge in [-0.25, -0.2) is 9.18 Å². The summed E-state index contributed by atoms with van der Waals surface area (Å²) in [4.78, 5) is 38.3. The van der Waals surface area contributed by atoms with Gasteiger partial charge in [0.2, 0.25) is 5.91 Å². The number of carbonyl (C=O) groups excluding carboxylic acids is 1. The Balaban J connectivity index is 2.06. The molecule has 0 aliphatic carbocycles. The molecule has 0 spiro atoms. The second-order valence-corrected chi connectivity index (χ2v) is 6.90. The Kier molecular flexibility index (Phi) is 5.65. The Morgan fingerprint density at radius 1 is 1.21 bits per heavy atom. The van der Waals surface area contributed by atoms with E-state index in [1.807, 2.05) is 6.92 Å². The summed E-state index contributed by atoms with van der Waals surface area (Å²) in [5, 5.41) is 2.98. The van der Waals surface area contributed by atoms with Gasteiger partial charge < -0.3 is 5.32 Å². The minimum atomic E-state index is -0.557. The summed E-state index contributed by atoms with van der Waals surface area (Å²) in [5.41, 5.74) is -0.329. The zero-order chi connectivity index (χ0) is 20.4. The number of nitrogens with one attached hydrogen (secondary N) is 1. The number of aromatic nitrogens is 2. The molecule has 146 valence electrons. The summed E-state index contributed by atoms with van der Waals surface area (Å²) in [7, 11) is 0. The predicted molar refractivity (Wildman–Crippen MR) is 108 cm³/mol. The van der Waals surface area contributed by atoms with Crippen LogP contribution in [0.3, 0.4) is 0 Å². The number of amides is 1. The van der Waals surface area contributed by atoms with Gasteiger partial charge in [0, 0.05) is 6.04 Å². The van der Waals surface area contributed by atoms with E-state index < -0.39 is 17.4 Å². The van der Waals surface area contributed by atoms with Gasteiger partial charge in [0.15, 0.2) is 0 Å². The van der Waals surface area contributed by atoms with Crippen LogP contribution in [0.25, 0.3) is 10.9 Å². The van der Waals surface area contributed by atoms with Crippen LogP contribution in [0.15, 0.2) is 52.1 Å². The Bertz CT molecular complexity index is 1170. The van der Waals surface area contributed by atoms with Crippen LogP contribution < -0.4 is 16.6 Å². The molecule has 0 bridgehead atoms.